The zero-order valence-corrected chi connectivity index (χ0v) is 26.8. The molecule has 0 unspecified atom stereocenters. The second-order valence-corrected chi connectivity index (χ2v) is 16.0. The molecule has 7 nitrogen and oxygen atoms in total. The number of fused-ring (bicyclic) bond motifs is 4. The summed E-state index contributed by atoms with van der Waals surface area (Å²) < 4.78 is 35.9. The van der Waals surface area contributed by atoms with Crippen LogP contribution < -0.4 is 14.4 Å². The standard InChI is InChI=1S/C34H43ClN2O5S/c1-21(2)32-15-22(3)6-12-30(38)27-10-7-25(27)18-37-19-34(14-4-5-23-16-26(35)9-11-28(23)34)20-42-31-13-8-24(17-29(31)37)33(39)36-43(32,40)41/h6,8-9,11-13,16-17,21-22,25,27,30,32,38H,4-5,7,10,14-15,18-20H2,1-3H3,(H,36,39)/b12-6-/t22-,25+,27-,30+,32+,34+/m1/s1. The minimum absolute atomic E-state index is 0.0754. The van der Waals surface area contributed by atoms with Crippen LogP contribution in [0.3, 0.4) is 0 Å². The molecule has 2 aromatic rings. The maximum Gasteiger partial charge on any atom is 0.264 e. The fourth-order valence-corrected chi connectivity index (χ4v) is 9.72. The second kappa shape index (κ2) is 11.8. The lowest BCUT2D eigenvalue weighted by Gasteiger charge is -2.45. The average molecular weight is 627 g/mol. The fourth-order valence-electron chi connectivity index (χ4n) is 7.72. The van der Waals surface area contributed by atoms with Crippen molar-refractivity contribution in [3.8, 4) is 5.75 Å². The molecule has 6 rings (SSSR count). The lowest BCUT2D eigenvalue weighted by Crippen LogP contribution is -2.49. The molecule has 232 valence electrons. The first-order chi connectivity index (χ1) is 20.5. The van der Waals surface area contributed by atoms with Gasteiger partial charge in [0.15, 0.2) is 0 Å². The number of carbonyl (C=O) groups is 1. The van der Waals surface area contributed by atoms with E-state index < -0.39 is 27.3 Å². The van der Waals surface area contributed by atoms with E-state index in [4.69, 9.17) is 16.3 Å². The molecule has 1 spiro atoms. The molecule has 1 amide bonds. The zero-order valence-electron chi connectivity index (χ0n) is 25.3. The van der Waals surface area contributed by atoms with Crippen molar-refractivity contribution in [3.05, 3.63) is 70.3 Å². The lowest BCUT2D eigenvalue weighted by molar-refractivity contribution is 0.0454. The van der Waals surface area contributed by atoms with E-state index in [-0.39, 0.29) is 34.7 Å². The highest BCUT2D eigenvalue weighted by molar-refractivity contribution is 7.90. The van der Waals surface area contributed by atoms with Crippen molar-refractivity contribution < 1.29 is 23.1 Å². The van der Waals surface area contributed by atoms with Gasteiger partial charge in [-0.25, -0.2) is 13.1 Å². The third-order valence-corrected chi connectivity index (χ3v) is 12.5. The summed E-state index contributed by atoms with van der Waals surface area (Å²) in [4.78, 5) is 15.8. The van der Waals surface area contributed by atoms with Crippen LogP contribution in [0.25, 0.3) is 0 Å². The molecule has 6 atom stereocenters. The summed E-state index contributed by atoms with van der Waals surface area (Å²) >= 11 is 6.40. The zero-order chi connectivity index (χ0) is 30.5. The number of rotatable bonds is 1. The molecular weight excluding hydrogens is 584 g/mol. The maximum absolute atomic E-state index is 13.5. The number of aliphatic hydroxyl groups excluding tert-OH is 1. The van der Waals surface area contributed by atoms with Crippen LogP contribution in [0.5, 0.6) is 5.75 Å². The van der Waals surface area contributed by atoms with Crippen molar-refractivity contribution in [3.63, 3.8) is 0 Å². The van der Waals surface area contributed by atoms with Crippen LogP contribution in [0.15, 0.2) is 48.6 Å². The van der Waals surface area contributed by atoms with Gasteiger partial charge in [0.05, 0.1) is 23.6 Å². The Morgan fingerprint density at radius 3 is 2.70 bits per heavy atom. The first-order valence-corrected chi connectivity index (χ1v) is 17.6. The first kappa shape index (κ1) is 30.5. The van der Waals surface area contributed by atoms with E-state index in [1.807, 2.05) is 39.0 Å². The van der Waals surface area contributed by atoms with Crippen LogP contribution in [0.2, 0.25) is 5.02 Å². The number of carbonyl (C=O) groups excluding carboxylic acids is 1. The van der Waals surface area contributed by atoms with Gasteiger partial charge in [-0.2, -0.15) is 0 Å². The molecule has 2 bridgehead atoms. The Balaban J connectivity index is 1.43. The molecule has 2 heterocycles. The van der Waals surface area contributed by atoms with Gasteiger partial charge in [0.1, 0.15) is 5.75 Å². The fraction of sp³-hybridized carbons (Fsp3) is 0.559. The number of nitrogens with one attached hydrogen (secondary N) is 1. The number of hydrogen-bond acceptors (Lipinski definition) is 6. The Kier molecular flexibility index (Phi) is 8.33. The van der Waals surface area contributed by atoms with Gasteiger partial charge in [0, 0.05) is 29.1 Å². The second-order valence-electron chi connectivity index (χ2n) is 13.6. The van der Waals surface area contributed by atoms with E-state index in [1.165, 1.54) is 11.1 Å². The van der Waals surface area contributed by atoms with E-state index in [2.05, 4.69) is 21.8 Å². The molecule has 1 fully saturated rings. The number of halogens is 1. The third-order valence-electron chi connectivity index (χ3n) is 10.3. The monoisotopic (exact) mass is 626 g/mol. The molecular formula is C34H43ClN2O5S. The van der Waals surface area contributed by atoms with Crippen LogP contribution >= 0.6 is 11.6 Å². The minimum atomic E-state index is -3.96. The molecule has 4 aliphatic rings. The summed E-state index contributed by atoms with van der Waals surface area (Å²) in [6.07, 6.45) is 8.49. The van der Waals surface area contributed by atoms with Crippen molar-refractivity contribution in [2.24, 2.45) is 23.7 Å². The number of aryl methyl sites for hydroxylation is 1. The molecule has 43 heavy (non-hydrogen) atoms. The summed E-state index contributed by atoms with van der Waals surface area (Å²) in [6, 6.07) is 11.4. The molecule has 0 saturated heterocycles. The van der Waals surface area contributed by atoms with E-state index in [1.54, 1.807) is 18.2 Å². The molecule has 1 saturated carbocycles. The topological polar surface area (TPSA) is 95.9 Å². The quantitative estimate of drug-likeness (QED) is 0.384. The molecule has 9 heteroatoms. The Labute approximate surface area is 260 Å². The van der Waals surface area contributed by atoms with Crippen molar-refractivity contribution in [1.29, 1.82) is 0 Å². The summed E-state index contributed by atoms with van der Waals surface area (Å²) in [7, 11) is -3.96. The Hall–Kier alpha value is -2.55. The van der Waals surface area contributed by atoms with E-state index in [0.29, 0.717) is 31.9 Å². The van der Waals surface area contributed by atoms with Gasteiger partial charge >= 0.3 is 0 Å². The van der Waals surface area contributed by atoms with E-state index in [9.17, 15) is 18.3 Å². The van der Waals surface area contributed by atoms with Gasteiger partial charge in [0.25, 0.3) is 5.91 Å². The highest BCUT2D eigenvalue weighted by Gasteiger charge is 2.44. The third kappa shape index (κ3) is 5.95. The van der Waals surface area contributed by atoms with Gasteiger partial charge in [0.2, 0.25) is 10.0 Å². The normalized spacial score (nSPS) is 32.9. The SMILES string of the molecule is CC(C)[C@@H]1C[C@H](C)/C=C\[C@H](O)[C@@H]2CC[C@H]2CN2C[C@@]3(CCCc4cc(Cl)ccc43)COc3ccc(cc32)C(=O)NS1(=O)=O. The van der Waals surface area contributed by atoms with Gasteiger partial charge < -0.3 is 14.7 Å². The lowest BCUT2D eigenvalue weighted by atomic mass is 9.68. The first-order valence-electron chi connectivity index (χ1n) is 15.7. The van der Waals surface area contributed by atoms with E-state index in [0.717, 1.165) is 42.8 Å². The number of amides is 1. The maximum atomic E-state index is 13.5. The Morgan fingerprint density at radius 1 is 1.14 bits per heavy atom. The van der Waals surface area contributed by atoms with Crippen LogP contribution in [0.1, 0.15) is 74.4 Å². The van der Waals surface area contributed by atoms with Crippen LogP contribution in [-0.4, -0.2) is 50.5 Å². The summed E-state index contributed by atoms with van der Waals surface area (Å²) in [6.45, 7) is 7.60. The number of sulfonamides is 1. The predicted octanol–water partition coefficient (Wildman–Crippen LogP) is 5.88. The van der Waals surface area contributed by atoms with Crippen LogP contribution in [-0.2, 0) is 21.9 Å². The predicted molar refractivity (Wildman–Crippen MR) is 170 cm³/mol. The van der Waals surface area contributed by atoms with Crippen LogP contribution in [0.4, 0.5) is 5.69 Å². The molecule has 2 aliphatic carbocycles. The molecule has 2 aromatic carbocycles. The molecule has 0 aromatic heterocycles. The smallest absolute Gasteiger partial charge is 0.264 e. The largest absolute Gasteiger partial charge is 0.490 e. The summed E-state index contributed by atoms with van der Waals surface area (Å²) in [5, 5.41) is 11.2. The van der Waals surface area contributed by atoms with Gasteiger partial charge in [-0.05, 0) is 104 Å². The number of hydrogen-bond donors (Lipinski definition) is 2. The highest BCUT2D eigenvalue weighted by Crippen LogP contribution is 2.46. The van der Waals surface area contributed by atoms with Crippen molar-refractivity contribution >= 4 is 33.2 Å². The summed E-state index contributed by atoms with van der Waals surface area (Å²) in [5.41, 5.74) is 3.33. The van der Waals surface area contributed by atoms with Crippen molar-refractivity contribution in [2.45, 2.75) is 76.1 Å². The number of nitrogens with zero attached hydrogens (tertiary/aromatic N) is 1. The summed E-state index contributed by atoms with van der Waals surface area (Å²) in [5.74, 6) is 0.185. The Morgan fingerprint density at radius 2 is 1.95 bits per heavy atom. The number of aliphatic hydroxyl groups is 1. The van der Waals surface area contributed by atoms with Crippen LogP contribution in [0, 0.1) is 23.7 Å². The number of benzene rings is 2. The van der Waals surface area contributed by atoms with Gasteiger partial charge in [-0.1, -0.05) is 50.6 Å². The van der Waals surface area contributed by atoms with Crippen molar-refractivity contribution in [1.82, 2.24) is 4.72 Å². The Bertz CT molecular complexity index is 1520. The number of ether oxygens (including phenoxy) is 1. The molecule has 0 radical (unpaired) electrons. The van der Waals surface area contributed by atoms with Gasteiger partial charge in [-0.15, -0.1) is 0 Å². The molecule has 2 aliphatic heterocycles. The highest BCUT2D eigenvalue weighted by atomic mass is 35.5. The number of allylic oxidation sites excluding steroid dienone is 1. The minimum Gasteiger partial charge on any atom is -0.490 e. The number of anilines is 1. The van der Waals surface area contributed by atoms with E-state index >= 15 is 0 Å². The van der Waals surface area contributed by atoms with Gasteiger partial charge in [-0.3, -0.25) is 4.79 Å². The molecule has 2 N–H and O–H groups in total. The van der Waals surface area contributed by atoms with Crippen molar-refractivity contribution in [2.75, 3.05) is 24.6 Å². The average Bonchev–Trinajstić information content (AvgIpc) is 3.08.